The van der Waals surface area contributed by atoms with Gasteiger partial charge in [-0.3, -0.25) is 0 Å². The van der Waals surface area contributed by atoms with Gasteiger partial charge >= 0.3 is 0 Å². The number of halogens is 1. The van der Waals surface area contributed by atoms with Gasteiger partial charge in [-0.25, -0.2) is 4.98 Å². The Morgan fingerprint density at radius 2 is 2.24 bits per heavy atom. The van der Waals surface area contributed by atoms with Gasteiger partial charge in [0.25, 0.3) is 0 Å². The van der Waals surface area contributed by atoms with Gasteiger partial charge in [-0.15, -0.1) is 0 Å². The third kappa shape index (κ3) is 3.32. The molecule has 2 rings (SSSR count). The molecule has 1 heterocycles. The van der Waals surface area contributed by atoms with E-state index in [-0.39, 0.29) is 0 Å². The molecule has 0 fully saturated rings. The van der Waals surface area contributed by atoms with Crippen LogP contribution in [0.15, 0.2) is 36.5 Å². The van der Waals surface area contributed by atoms with E-state index in [4.69, 9.17) is 16.3 Å². The Hall–Kier alpha value is -1.81. The fraction of sp³-hybridized carbons (Fsp3) is 0.167. The molecular formula is C12H12ClN3O. The fourth-order valence-electron chi connectivity index (χ4n) is 1.29. The molecule has 0 saturated heterocycles. The molecule has 0 saturated carbocycles. The second-order valence-corrected chi connectivity index (χ2v) is 3.74. The molecule has 5 heteroatoms. The molecule has 1 N–H and O–H groups in total. The maximum absolute atomic E-state index is 5.87. The minimum absolute atomic E-state index is 0.484. The van der Waals surface area contributed by atoms with Crippen LogP contribution in [-0.2, 0) is 0 Å². The second kappa shape index (κ2) is 5.50. The minimum Gasteiger partial charge on any atom is -0.439 e. The number of hydrogen-bond acceptors (Lipinski definition) is 4. The molecule has 0 unspecified atom stereocenters. The van der Waals surface area contributed by atoms with Gasteiger partial charge in [-0.05, 0) is 25.1 Å². The Balaban J connectivity index is 2.15. The third-order valence-corrected chi connectivity index (χ3v) is 2.22. The zero-order valence-electron chi connectivity index (χ0n) is 9.35. The fourth-order valence-corrected chi connectivity index (χ4v) is 1.47. The maximum atomic E-state index is 5.87. The number of benzene rings is 1. The molecule has 2 aromatic rings. The monoisotopic (exact) mass is 249 g/mol. The molecule has 0 aliphatic carbocycles. The van der Waals surface area contributed by atoms with Crippen molar-refractivity contribution in [1.29, 1.82) is 0 Å². The van der Waals surface area contributed by atoms with Crippen LogP contribution in [0.1, 0.15) is 6.92 Å². The normalized spacial score (nSPS) is 10.0. The van der Waals surface area contributed by atoms with Crippen molar-refractivity contribution in [2.75, 3.05) is 11.9 Å². The lowest BCUT2D eigenvalue weighted by atomic mass is 10.3. The van der Waals surface area contributed by atoms with Crippen LogP contribution in [0.5, 0.6) is 11.6 Å². The topological polar surface area (TPSA) is 47.0 Å². The highest BCUT2D eigenvalue weighted by atomic mass is 35.5. The largest absolute Gasteiger partial charge is 0.439 e. The number of rotatable bonds is 4. The number of nitrogens with one attached hydrogen (secondary N) is 1. The summed E-state index contributed by atoms with van der Waals surface area (Å²) in [6, 6.07) is 8.86. The standard InChI is InChI=1S/C12H12ClN3O/c1-2-14-12-15-7-6-11(16-12)17-10-5-3-4-9(13)8-10/h3-8H,2H2,1H3,(H,14,15,16). The van der Waals surface area contributed by atoms with Crippen LogP contribution in [-0.4, -0.2) is 16.5 Å². The highest BCUT2D eigenvalue weighted by Gasteiger charge is 2.01. The minimum atomic E-state index is 0.484. The van der Waals surface area contributed by atoms with Crippen molar-refractivity contribution < 1.29 is 4.74 Å². The number of ether oxygens (including phenoxy) is 1. The second-order valence-electron chi connectivity index (χ2n) is 3.31. The summed E-state index contributed by atoms with van der Waals surface area (Å²) in [5.41, 5.74) is 0. The van der Waals surface area contributed by atoms with Gasteiger partial charge in [0.1, 0.15) is 5.75 Å². The van der Waals surface area contributed by atoms with E-state index in [0.29, 0.717) is 22.6 Å². The third-order valence-electron chi connectivity index (χ3n) is 1.98. The highest BCUT2D eigenvalue weighted by Crippen LogP contribution is 2.22. The van der Waals surface area contributed by atoms with Crippen LogP contribution in [0.4, 0.5) is 5.95 Å². The average molecular weight is 250 g/mol. The van der Waals surface area contributed by atoms with E-state index >= 15 is 0 Å². The van der Waals surface area contributed by atoms with Gasteiger partial charge in [0.2, 0.25) is 11.8 Å². The first-order valence-corrected chi connectivity index (χ1v) is 5.66. The van der Waals surface area contributed by atoms with Crippen molar-refractivity contribution in [3.05, 3.63) is 41.6 Å². The average Bonchev–Trinajstić information content (AvgIpc) is 2.30. The van der Waals surface area contributed by atoms with Gasteiger partial charge in [-0.2, -0.15) is 4.98 Å². The van der Waals surface area contributed by atoms with E-state index < -0.39 is 0 Å². The Kier molecular flexibility index (Phi) is 3.77. The van der Waals surface area contributed by atoms with Gasteiger partial charge in [0.05, 0.1) is 0 Å². The quantitative estimate of drug-likeness (QED) is 0.903. The Morgan fingerprint density at radius 1 is 1.35 bits per heavy atom. The van der Waals surface area contributed by atoms with E-state index in [1.165, 1.54) is 0 Å². The summed E-state index contributed by atoms with van der Waals surface area (Å²) in [6.07, 6.45) is 1.64. The molecule has 0 atom stereocenters. The van der Waals surface area contributed by atoms with E-state index in [0.717, 1.165) is 6.54 Å². The molecule has 0 aliphatic heterocycles. The van der Waals surface area contributed by atoms with Crippen molar-refractivity contribution in [3.63, 3.8) is 0 Å². The molecule has 0 amide bonds. The SMILES string of the molecule is CCNc1nccc(Oc2cccc(Cl)c2)n1. The van der Waals surface area contributed by atoms with Crippen molar-refractivity contribution >= 4 is 17.5 Å². The molecule has 4 nitrogen and oxygen atoms in total. The predicted molar refractivity (Wildman–Crippen MR) is 67.7 cm³/mol. The first kappa shape index (κ1) is 11.7. The summed E-state index contributed by atoms with van der Waals surface area (Å²) in [7, 11) is 0. The lowest BCUT2D eigenvalue weighted by Gasteiger charge is -2.06. The number of hydrogen-bond donors (Lipinski definition) is 1. The van der Waals surface area contributed by atoms with E-state index in [9.17, 15) is 0 Å². The summed E-state index contributed by atoms with van der Waals surface area (Å²) in [6.45, 7) is 2.74. The summed E-state index contributed by atoms with van der Waals surface area (Å²) in [5.74, 6) is 1.68. The lowest BCUT2D eigenvalue weighted by molar-refractivity contribution is 0.462. The number of nitrogens with zero attached hydrogens (tertiary/aromatic N) is 2. The summed E-state index contributed by atoms with van der Waals surface area (Å²) in [5, 5.41) is 3.64. The first-order chi connectivity index (χ1) is 8.28. The molecule has 0 spiro atoms. The van der Waals surface area contributed by atoms with Crippen molar-refractivity contribution in [1.82, 2.24) is 9.97 Å². The van der Waals surface area contributed by atoms with Crippen LogP contribution >= 0.6 is 11.6 Å². The van der Waals surface area contributed by atoms with E-state index in [2.05, 4.69) is 15.3 Å². The maximum Gasteiger partial charge on any atom is 0.225 e. The molecule has 0 radical (unpaired) electrons. The molecule has 0 bridgehead atoms. The molecule has 1 aromatic carbocycles. The van der Waals surface area contributed by atoms with Gasteiger partial charge < -0.3 is 10.1 Å². The van der Waals surface area contributed by atoms with Crippen LogP contribution in [0.25, 0.3) is 0 Å². The van der Waals surface area contributed by atoms with Crippen LogP contribution in [0, 0.1) is 0 Å². The first-order valence-electron chi connectivity index (χ1n) is 5.28. The predicted octanol–water partition coefficient (Wildman–Crippen LogP) is 3.35. The molecule has 88 valence electrons. The van der Waals surface area contributed by atoms with E-state index in [1.54, 1.807) is 24.4 Å². The van der Waals surface area contributed by atoms with Gasteiger partial charge in [0.15, 0.2) is 0 Å². The zero-order chi connectivity index (χ0) is 12.1. The molecule has 17 heavy (non-hydrogen) atoms. The summed E-state index contributed by atoms with van der Waals surface area (Å²) < 4.78 is 5.57. The summed E-state index contributed by atoms with van der Waals surface area (Å²) >= 11 is 5.87. The highest BCUT2D eigenvalue weighted by molar-refractivity contribution is 6.30. The summed E-state index contributed by atoms with van der Waals surface area (Å²) in [4.78, 5) is 8.26. The Morgan fingerprint density at radius 3 is 3.00 bits per heavy atom. The molecular weight excluding hydrogens is 238 g/mol. The van der Waals surface area contributed by atoms with E-state index in [1.807, 2.05) is 19.1 Å². The van der Waals surface area contributed by atoms with Crippen molar-refractivity contribution in [3.8, 4) is 11.6 Å². The van der Waals surface area contributed by atoms with Crippen molar-refractivity contribution in [2.45, 2.75) is 6.92 Å². The Bertz CT molecular complexity index is 505. The molecule has 0 aliphatic rings. The number of aromatic nitrogens is 2. The van der Waals surface area contributed by atoms with Crippen LogP contribution < -0.4 is 10.1 Å². The lowest BCUT2D eigenvalue weighted by Crippen LogP contribution is -2.02. The van der Waals surface area contributed by atoms with Crippen LogP contribution in [0.3, 0.4) is 0 Å². The van der Waals surface area contributed by atoms with Gasteiger partial charge in [-0.1, -0.05) is 17.7 Å². The molecule has 1 aromatic heterocycles. The Labute approximate surface area is 105 Å². The number of anilines is 1. The van der Waals surface area contributed by atoms with Crippen LogP contribution in [0.2, 0.25) is 5.02 Å². The zero-order valence-corrected chi connectivity index (χ0v) is 10.1. The van der Waals surface area contributed by atoms with Crippen molar-refractivity contribution in [2.24, 2.45) is 0 Å². The van der Waals surface area contributed by atoms with Gasteiger partial charge in [0, 0.05) is 23.8 Å². The smallest absolute Gasteiger partial charge is 0.225 e.